The number of carbonyl (C=O) groups is 2. The predicted molar refractivity (Wildman–Crippen MR) is 87.9 cm³/mol. The average molecular weight is 345 g/mol. The second-order valence-corrected chi connectivity index (χ2v) is 5.16. The summed E-state index contributed by atoms with van der Waals surface area (Å²) in [5, 5.41) is 2.11. The van der Waals surface area contributed by atoms with E-state index in [1.807, 2.05) is 0 Å². The van der Waals surface area contributed by atoms with Crippen LogP contribution < -0.4 is 30.8 Å². The molecule has 0 bridgehead atoms. The van der Waals surface area contributed by atoms with Gasteiger partial charge in [0.2, 0.25) is 5.75 Å². The molecule has 0 radical (unpaired) electrons. The molecule has 0 aliphatic carbocycles. The van der Waals surface area contributed by atoms with Crippen LogP contribution in [0.15, 0.2) is 23.0 Å². The Morgan fingerprint density at radius 1 is 0.920 bits per heavy atom. The van der Waals surface area contributed by atoms with Crippen LogP contribution in [0.5, 0.6) is 17.2 Å². The third kappa shape index (κ3) is 2.36. The van der Waals surface area contributed by atoms with Crippen LogP contribution in [0.2, 0.25) is 0 Å². The summed E-state index contributed by atoms with van der Waals surface area (Å²) in [6.07, 6.45) is 0. The van der Waals surface area contributed by atoms with Crippen molar-refractivity contribution in [1.29, 1.82) is 0 Å². The number of nitrogens with one attached hydrogen (secondary N) is 1. The molecule has 0 saturated heterocycles. The van der Waals surface area contributed by atoms with E-state index in [9.17, 15) is 14.4 Å². The second kappa shape index (κ2) is 5.86. The summed E-state index contributed by atoms with van der Waals surface area (Å²) in [5.41, 5.74) is 5.65. The highest BCUT2D eigenvalue weighted by Crippen LogP contribution is 2.39. The molecule has 0 atom stereocenters. The van der Waals surface area contributed by atoms with Crippen LogP contribution in [0, 0.1) is 0 Å². The molecule has 1 aromatic carbocycles. The fourth-order valence-corrected chi connectivity index (χ4v) is 2.74. The Labute approximate surface area is 141 Å². The first kappa shape index (κ1) is 16.4. The maximum absolute atomic E-state index is 12.5. The second-order valence-electron chi connectivity index (χ2n) is 5.16. The first-order chi connectivity index (χ1) is 11.9. The van der Waals surface area contributed by atoms with Gasteiger partial charge in [-0.2, -0.15) is 0 Å². The Hall–Kier alpha value is -3.49. The normalized spacial score (nSPS) is 12.6. The number of amides is 2. The van der Waals surface area contributed by atoms with Crippen molar-refractivity contribution in [3.63, 3.8) is 0 Å². The molecule has 3 rings (SSSR count). The van der Waals surface area contributed by atoms with Gasteiger partial charge in [-0.15, -0.1) is 0 Å². The van der Waals surface area contributed by atoms with Gasteiger partial charge in [-0.3, -0.25) is 24.3 Å². The molecule has 1 aliphatic rings. The van der Waals surface area contributed by atoms with E-state index in [-0.39, 0.29) is 16.9 Å². The Morgan fingerprint density at radius 2 is 1.52 bits per heavy atom. The maximum Gasteiger partial charge on any atom is 0.262 e. The minimum Gasteiger partial charge on any atom is -0.493 e. The number of aromatic nitrogens is 1. The molecule has 1 aromatic heterocycles. The van der Waals surface area contributed by atoms with Crippen LogP contribution in [0.3, 0.4) is 0 Å². The fraction of sp³-hybridized carbons (Fsp3) is 0.188. The number of rotatable bonds is 4. The Kier molecular flexibility index (Phi) is 3.84. The predicted octanol–water partition coefficient (Wildman–Crippen LogP) is 0.329. The SMILES string of the molecule is COc1cc(-n2c(N)c3c(cc2=O)C(=O)NC3=O)cc(OC)c1OC. The summed E-state index contributed by atoms with van der Waals surface area (Å²) >= 11 is 0. The van der Waals surface area contributed by atoms with Gasteiger partial charge >= 0.3 is 0 Å². The highest BCUT2D eigenvalue weighted by Gasteiger charge is 2.32. The standard InChI is InChI=1S/C16H15N3O6/c1-23-9-4-7(5-10(24-2)13(9)25-3)19-11(20)6-8-12(14(19)17)16(22)18-15(8)21/h4-6H,17H2,1-3H3,(H,18,21,22). The van der Waals surface area contributed by atoms with E-state index in [0.717, 1.165) is 10.6 Å². The first-order valence-electron chi connectivity index (χ1n) is 7.14. The molecule has 0 fully saturated rings. The topological polar surface area (TPSA) is 122 Å². The van der Waals surface area contributed by atoms with Crippen molar-refractivity contribution in [2.75, 3.05) is 27.1 Å². The molecular formula is C16H15N3O6. The molecule has 25 heavy (non-hydrogen) atoms. The Bertz CT molecular complexity index is 938. The number of imide groups is 1. The number of methoxy groups -OCH3 is 3. The lowest BCUT2D eigenvalue weighted by Gasteiger charge is -2.17. The highest BCUT2D eigenvalue weighted by atomic mass is 16.5. The van der Waals surface area contributed by atoms with Crippen molar-refractivity contribution in [2.45, 2.75) is 0 Å². The van der Waals surface area contributed by atoms with Crippen molar-refractivity contribution in [2.24, 2.45) is 0 Å². The van der Waals surface area contributed by atoms with E-state index >= 15 is 0 Å². The highest BCUT2D eigenvalue weighted by molar-refractivity contribution is 6.23. The van der Waals surface area contributed by atoms with Gasteiger partial charge in [0.25, 0.3) is 17.4 Å². The molecule has 9 nitrogen and oxygen atoms in total. The molecule has 2 aromatic rings. The molecule has 9 heteroatoms. The van der Waals surface area contributed by atoms with E-state index in [1.54, 1.807) is 0 Å². The number of hydrogen-bond acceptors (Lipinski definition) is 7. The molecule has 0 saturated carbocycles. The van der Waals surface area contributed by atoms with Crippen LogP contribution in [0.4, 0.5) is 5.82 Å². The third-order valence-electron chi connectivity index (χ3n) is 3.86. The zero-order chi connectivity index (χ0) is 18.3. The summed E-state index contributed by atoms with van der Waals surface area (Å²) < 4.78 is 16.8. The third-order valence-corrected chi connectivity index (χ3v) is 3.86. The summed E-state index contributed by atoms with van der Waals surface area (Å²) in [6.45, 7) is 0. The van der Waals surface area contributed by atoms with Crippen molar-refractivity contribution < 1.29 is 23.8 Å². The van der Waals surface area contributed by atoms with E-state index < -0.39 is 17.4 Å². The molecule has 0 spiro atoms. The van der Waals surface area contributed by atoms with Gasteiger partial charge in [0.05, 0.1) is 38.1 Å². The number of fused-ring (bicyclic) bond motifs is 1. The number of anilines is 1. The quantitative estimate of drug-likeness (QED) is 0.766. The largest absolute Gasteiger partial charge is 0.493 e. The zero-order valence-electron chi connectivity index (χ0n) is 13.7. The summed E-state index contributed by atoms with van der Waals surface area (Å²) in [7, 11) is 4.32. The van der Waals surface area contributed by atoms with Gasteiger partial charge in [-0.1, -0.05) is 0 Å². The van der Waals surface area contributed by atoms with Crippen LogP contribution in [0.25, 0.3) is 5.69 Å². The molecule has 1 aliphatic heterocycles. The van der Waals surface area contributed by atoms with E-state index in [4.69, 9.17) is 19.9 Å². The van der Waals surface area contributed by atoms with Crippen molar-refractivity contribution >= 4 is 17.6 Å². The van der Waals surface area contributed by atoms with Crippen LogP contribution in [-0.4, -0.2) is 37.7 Å². The van der Waals surface area contributed by atoms with Crippen LogP contribution in [0.1, 0.15) is 20.7 Å². The van der Waals surface area contributed by atoms with Crippen molar-refractivity contribution in [3.8, 4) is 22.9 Å². The number of carbonyl (C=O) groups excluding carboxylic acids is 2. The minimum absolute atomic E-state index is 0.0432. The lowest BCUT2D eigenvalue weighted by molar-refractivity contribution is 0.0880. The molecule has 130 valence electrons. The lowest BCUT2D eigenvalue weighted by atomic mass is 10.1. The monoisotopic (exact) mass is 345 g/mol. The van der Waals surface area contributed by atoms with Gasteiger partial charge in [-0.25, -0.2) is 0 Å². The number of nitrogens with zero attached hydrogens (tertiary/aromatic N) is 1. The Balaban J connectivity index is 2.32. The number of ether oxygens (including phenoxy) is 3. The molecule has 0 unspecified atom stereocenters. The minimum atomic E-state index is -0.654. The smallest absolute Gasteiger partial charge is 0.262 e. The maximum atomic E-state index is 12.5. The van der Waals surface area contributed by atoms with E-state index in [0.29, 0.717) is 22.9 Å². The first-order valence-corrected chi connectivity index (χ1v) is 7.14. The number of benzene rings is 1. The van der Waals surface area contributed by atoms with Crippen LogP contribution in [-0.2, 0) is 0 Å². The van der Waals surface area contributed by atoms with Gasteiger partial charge in [0.1, 0.15) is 5.82 Å². The number of hydrogen-bond donors (Lipinski definition) is 2. The molecular weight excluding hydrogens is 330 g/mol. The number of nitrogens with two attached hydrogens (primary N) is 1. The molecule has 2 amide bonds. The summed E-state index contributed by atoms with van der Waals surface area (Å²) in [6, 6.07) is 4.09. The average Bonchev–Trinajstić information content (AvgIpc) is 2.87. The van der Waals surface area contributed by atoms with Gasteiger partial charge in [-0.05, 0) is 0 Å². The summed E-state index contributed by atoms with van der Waals surface area (Å²) in [4.78, 5) is 36.1. The fourth-order valence-electron chi connectivity index (χ4n) is 2.74. The lowest BCUT2D eigenvalue weighted by Crippen LogP contribution is -2.24. The van der Waals surface area contributed by atoms with Crippen molar-refractivity contribution in [3.05, 3.63) is 39.7 Å². The summed E-state index contributed by atoms with van der Waals surface area (Å²) in [5.74, 6) is -0.498. The van der Waals surface area contributed by atoms with E-state index in [2.05, 4.69) is 5.32 Å². The molecule has 2 heterocycles. The van der Waals surface area contributed by atoms with Gasteiger partial charge < -0.3 is 19.9 Å². The molecule has 3 N–H and O–H groups in total. The number of nitrogen functional groups attached to an aromatic ring is 1. The van der Waals surface area contributed by atoms with Crippen molar-refractivity contribution in [1.82, 2.24) is 9.88 Å². The van der Waals surface area contributed by atoms with Crippen LogP contribution >= 0.6 is 0 Å². The van der Waals surface area contributed by atoms with E-state index in [1.165, 1.54) is 33.5 Å². The van der Waals surface area contributed by atoms with Gasteiger partial charge in [0, 0.05) is 18.2 Å². The number of pyridine rings is 1. The zero-order valence-corrected chi connectivity index (χ0v) is 13.7. The Morgan fingerprint density at radius 3 is 2.04 bits per heavy atom. The van der Waals surface area contributed by atoms with Gasteiger partial charge in [0.15, 0.2) is 11.5 Å².